The number of nitrogen functional groups attached to an aromatic ring is 1. The molecule has 0 aliphatic carbocycles. The number of hydrogen-bond acceptors (Lipinski definition) is 6. The van der Waals surface area contributed by atoms with Gasteiger partial charge in [0, 0.05) is 17.5 Å². The van der Waals surface area contributed by atoms with Crippen molar-refractivity contribution in [1.29, 1.82) is 5.41 Å². The van der Waals surface area contributed by atoms with Gasteiger partial charge in [0.25, 0.3) is 5.91 Å². The van der Waals surface area contributed by atoms with Crippen molar-refractivity contribution in [1.82, 2.24) is 5.32 Å². The van der Waals surface area contributed by atoms with Gasteiger partial charge in [0.05, 0.1) is 12.2 Å². The van der Waals surface area contributed by atoms with E-state index in [1.165, 1.54) is 36.4 Å². The summed E-state index contributed by atoms with van der Waals surface area (Å²) in [5.74, 6) is -3.49. The predicted molar refractivity (Wildman–Crippen MR) is 118 cm³/mol. The van der Waals surface area contributed by atoms with Gasteiger partial charge < -0.3 is 20.3 Å². The number of carboxylic acid groups (broad SMARTS) is 1. The molecule has 0 aliphatic rings. The van der Waals surface area contributed by atoms with E-state index in [4.69, 9.17) is 20.6 Å². The zero-order chi connectivity index (χ0) is 23.9. The van der Waals surface area contributed by atoms with Crippen LogP contribution in [0, 0.1) is 5.41 Å². The molecule has 32 heavy (non-hydrogen) atoms. The number of benzene rings is 2. The van der Waals surface area contributed by atoms with Crippen molar-refractivity contribution in [2.75, 3.05) is 6.61 Å². The average molecular weight is 441 g/mol. The summed E-state index contributed by atoms with van der Waals surface area (Å²) in [7, 11) is 0. The minimum Gasteiger partial charge on any atom is -0.476 e. The van der Waals surface area contributed by atoms with Gasteiger partial charge in [0.2, 0.25) is 5.78 Å². The number of amides is 1. The van der Waals surface area contributed by atoms with E-state index >= 15 is 0 Å². The summed E-state index contributed by atoms with van der Waals surface area (Å²) in [6.07, 6.45) is -0.306. The number of carbonyl (C=O) groups excluding carboxylic acids is 2. The third kappa shape index (κ3) is 6.39. The van der Waals surface area contributed by atoms with Gasteiger partial charge in [-0.3, -0.25) is 20.3 Å². The van der Waals surface area contributed by atoms with E-state index in [-0.39, 0.29) is 30.2 Å². The van der Waals surface area contributed by atoms with Crippen LogP contribution in [0.1, 0.15) is 43.1 Å². The van der Waals surface area contributed by atoms with Crippen LogP contribution in [-0.4, -0.2) is 46.5 Å². The van der Waals surface area contributed by atoms with Gasteiger partial charge in [0.1, 0.15) is 11.6 Å². The lowest BCUT2D eigenvalue weighted by molar-refractivity contribution is -0.165. The van der Waals surface area contributed by atoms with Crippen molar-refractivity contribution in [3.8, 4) is 5.75 Å². The molecule has 1 amide bonds. The molecule has 2 aromatic rings. The number of nitrogens with one attached hydrogen (secondary N) is 2. The van der Waals surface area contributed by atoms with E-state index in [1.807, 2.05) is 0 Å². The zero-order valence-electron chi connectivity index (χ0n) is 18.2. The molecule has 0 saturated carbocycles. The second-order valence-corrected chi connectivity index (χ2v) is 7.98. The lowest BCUT2D eigenvalue weighted by Gasteiger charge is -2.30. The smallest absolute Gasteiger partial charge is 0.378 e. The van der Waals surface area contributed by atoms with Gasteiger partial charge in [-0.2, -0.15) is 0 Å². The van der Waals surface area contributed by atoms with Crippen LogP contribution in [0.4, 0.5) is 0 Å². The summed E-state index contributed by atoms with van der Waals surface area (Å²) in [4.78, 5) is 38.2. The molecule has 170 valence electrons. The van der Waals surface area contributed by atoms with E-state index in [2.05, 4.69) is 5.32 Å². The Labute approximate surface area is 186 Å². The molecule has 1 atom stereocenters. The molecule has 0 saturated heterocycles. The van der Waals surface area contributed by atoms with Gasteiger partial charge in [-0.25, -0.2) is 4.79 Å². The first-order valence-corrected chi connectivity index (χ1v) is 9.86. The molecule has 0 spiro atoms. The van der Waals surface area contributed by atoms with Crippen molar-refractivity contribution in [3.05, 3.63) is 65.7 Å². The Morgan fingerprint density at radius 2 is 1.56 bits per heavy atom. The highest BCUT2D eigenvalue weighted by atomic mass is 16.5. The average Bonchev–Trinajstić information content (AvgIpc) is 2.72. The fourth-order valence-corrected chi connectivity index (χ4v) is 2.69. The van der Waals surface area contributed by atoms with Crippen LogP contribution in [0.2, 0.25) is 0 Å². The Bertz CT molecular complexity index is 983. The Kier molecular flexibility index (Phi) is 7.72. The molecule has 0 aliphatic heterocycles. The Hall–Kier alpha value is -3.72. The van der Waals surface area contributed by atoms with Crippen LogP contribution < -0.4 is 15.8 Å². The number of aliphatic carboxylic acids is 1. The highest BCUT2D eigenvalue weighted by Gasteiger charge is 2.50. The maximum Gasteiger partial charge on any atom is 0.378 e. The van der Waals surface area contributed by atoms with Crippen LogP contribution in [0.15, 0.2) is 54.6 Å². The minimum absolute atomic E-state index is 0.0569. The summed E-state index contributed by atoms with van der Waals surface area (Å²) < 4.78 is 11.1. The second kappa shape index (κ2) is 10.1. The molecule has 2 aromatic carbocycles. The Morgan fingerprint density at radius 1 is 1.00 bits per heavy atom. The molecular formula is C23H27N3O6. The van der Waals surface area contributed by atoms with Gasteiger partial charge in [-0.15, -0.1) is 0 Å². The topological polar surface area (TPSA) is 152 Å². The predicted octanol–water partition coefficient (Wildman–Crippen LogP) is 2.33. The maximum absolute atomic E-state index is 13.1. The van der Waals surface area contributed by atoms with Crippen molar-refractivity contribution in [2.24, 2.45) is 5.73 Å². The highest BCUT2D eigenvalue weighted by molar-refractivity contribution is 6.11. The van der Waals surface area contributed by atoms with E-state index in [0.29, 0.717) is 5.56 Å². The fourth-order valence-electron chi connectivity index (χ4n) is 2.69. The molecule has 9 heteroatoms. The van der Waals surface area contributed by atoms with Gasteiger partial charge in [0.15, 0.2) is 0 Å². The number of nitrogens with two attached hydrogens (primary N) is 1. The number of amidine groups is 1. The van der Waals surface area contributed by atoms with E-state index in [0.717, 1.165) is 0 Å². The number of carbonyl (C=O) groups is 3. The van der Waals surface area contributed by atoms with E-state index in [9.17, 15) is 19.5 Å². The first kappa shape index (κ1) is 24.5. The molecular weight excluding hydrogens is 414 g/mol. The molecule has 0 radical (unpaired) electrons. The zero-order valence-corrected chi connectivity index (χ0v) is 18.2. The molecule has 0 heterocycles. The van der Waals surface area contributed by atoms with E-state index in [1.54, 1.807) is 39.0 Å². The first-order valence-electron chi connectivity index (χ1n) is 9.86. The van der Waals surface area contributed by atoms with Crippen molar-refractivity contribution in [3.63, 3.8) is 0 Å². The molecule has 0 bridgehead atoms. The Balaban J connectivity index is 2.36. The molecule has 9 nitrogen and oxygen atoms in total. The van der Waals surface area contributed by atoms with Crippen molar-refractivity contribution < 1.29 is 29.0 Å². The lowest BCUT2D eigenvalue weighted by Crippen LogP contribution is -2.64. The number of Topliss-reactive ketones (excluding diaryl/α,β-unsaturated/α-hetero) is 1. The van der Waals surface area contributed by atoms with Gasteiger partial charge in [-0.05, 0) is 45.0 Å². The molecule has 1 unspecified atom stereocenters. The standard InChI is InChI=1S/C23H27N3O6/c1-22(2,3)31-14-13-18(27)23(21(29)30,32-17-7-5-4-6-8-17)26-20(28)16-11-9-15(10-12-16)19(24)25/h4-12H,13-14H2,1-3H3,(H3,24,25)(H,26,28)(H,29,30). The SMILES string of the molecule is CC(C)(C)OCCC(=O)C(NC(=O)c1ccc(C(=N)N)cc1)(Oc1ccccc1)C(=O)O. The quantitative estimate of drug-likeness (QED) is 0.191. The number of para-hydroxylation sites is 1. The lowest BCUT2D eigenvalue weighted by atomic mass is 10.0. The fraction of sp³-hybridized carbons (Fsp3) is 0.304. The molecule has 2 rings (SSSR count). The monoisotopic (exact) mass is 441 g/mol. The van der Waals surface area contributed by atoms with Gasteiger partial charge >= 0.3 is 11.7 Å². The second-order valence-electron chi connectivity index (χ2n) is 7.98. The largest absolute Gasteiger partial charge is 0.476 e. The van der Waals surface area contributed by atoms with Crippen LogP contribution >= 0.6 is 0 Å². The summed E-state index contributed by atoms with van der Waals surface area (Å²) in [6.45, 7) is 5.34. The van der Waals surface area contributed by atoms with Crippen LogP contribution in [0.25, 0.3) is 0 Å². The summed E-state index contributed by atoms with van der Waals surface area (Å²) >= 11 is 0. The normalized spacial score (nSPS) is 13.0. The third-order valence-corrected chi connectivity index (χ3v) is 4.32. The van der Waals surface area contributed by atoms with Gasteiger partial charge in [-0.1, -0.05) is 30.3 Å². The van der Waals surface area contributed by atoms with Crippen LogP contribution in [0.5, 0.6) is 5.75 Å². The summed E-state index contributed by atoms with van der Waals surface area (Å²) in [5.41, 5.74) is 2.67. The number of ketones is 1. The van der Waals surface area contributed by atoms with Crippen molar-refractivity contribution >= 4 is 23.5 Å². The maximum atomic E-state index is 13.1. The number of rotatable bonds is 10. The molecule has 5 N–H and O–H groups in total. The van der Waals surface area contributed by atoms with Crippen LogP contribution in [0.3, 0.4) is 0 Å². The number of ether oxygens (including phenoxy) is 2. The third-order valence-electron chi connectivity index (χ3n) is 4.32. The Morgan fingerprint density at radius 3 is 2.06 bits per heavy atom. The van der Waals surface area contributed by atoms with Crippen LogP contribution in [-0.2, 0) is 14.3 Å². The number of carboxylic acids is 1. The van der Waals surface area contributed by atoms with Crippen molar-refractivity contribution in [2.45, 2.75) is 38.5 Å². The van der Waals surface area contributed by atoms with E-state index < -0.39 is 29.0 Å². The minimum atomic E-state index is -2.67. The number of hydrogen-bond donors (Lipinski definition) is 4. The molecule has 0 fully saturated rings. The molecule has 0 aromatic heterocycles. The summed E-state index contributed by atoms with van der Waals surface area (Å²) in [6, 6.07) is 13.5. The highest BCUT2D eigenvalue weighted by Crippen LogP contribution is 2.21. The first-order chi connectivity index (χ1) is 14.9. The summed E-state index contributed by atoms with van der Waals surface area (Å²) in [5, 5.41) is 19.6.